The standard InChI is InChI=1S/C17H21NO2/c1-14-7-5-6-10-16(14)17(13-18)20-12-11-19-15-8-3-2-4-9-15/h2-10,17H,11-13,18H2,1H3. The summed E-state index contributed by atoms with van der Waals surface area (Å²) in [6.45, 7) is 3.58. The van der Waals surface area contributed by atoms with Gasteiger partial charge in [-0.05, 0) is 30.2 Å². The summed E-state index contributed by atoms with van der Waals surface area (Å²) in [5, 5.41) is 0. The van der Waals surface area contributed by atoms with E-state index in [0.29, 0.717) is 19.8 Å². The van der Waals surface area contributed by atoms with Gasteiger partial charge in [-0.1, -0.05) is 42.5 Å². The second kappa shape index (κ2) is 7.68. The molecule has 0 aliphatic rings. The molecule has 0 saturated heterocycles. The van der Waals surface area contributed by atoms with Crippen molar-refractivity contribution in [1.82, 2.24) is 0 Å². The molecule has 2 N–H and O–H groups in total. The highest BCUT2D eigenvalue weighted by Gasteiger charge is 2.11. The van der Waals surface area contributed by atoms with Crippen LogP contribution in [0.2, 0.25) is 0 Å². The van der Waals surface area contributed by atoms with Crippen molar-refractivity contribution in [2.45, 2.75) is 13.0 Å². The molecule has 1 unspecified atom stereocenters. The van der Waals surface area contributed by atoms with Gasteiger partial charge in [0.05, 0.1) is 12.7 Å². The zero-order valence-electron chi connectivity index (χ0n) is 11.8. The molecule has 0 amide bonds. The third kappa shape index (κ3) is 4.08. The first-order valence-electron chi connectivity index (χ1n) is 6.86. The first-order chi connectivity index (χ1) is 9.81. The van der Waals surface area contributed by atoms with Crippen LogP contribution >= 0.6 is 0 Å². The van der Waals surface area contributed by atoms with E-state index in [1.54, 1.807) is 0 Å². The molecule has 20 heavy (non-hydrogen) atoms. The molecule has 0 radical (unpaired) electrons. The summed E-state index contributed by atoms with van der Waals surface area (Å²) in [7, 11) is 0. The van der Waals surface area contributed by atoms with Crippen LogP contribution in [0.5, 0.6) is 5.75 Å². The van der Waals surface area contributed by atoms with E-state index in [2.05, 4.69) is 19.1 Å². The fourth-order valence-corrected chi connectivity index (χ4v) is 2.10. The number of nitrogens with two attached hydrogens (primary N) is 1. The van der Waals surface area contributed by atoms with Gasteiger partial charge in [0.2, 0.25) is 0 Å². The van der Waals surface area contributed by atoms with Crippen molar-refractivity contribution >= 4 is 0 Å². The van der Waals surface area contributed by atoms with E-state index in [9.17, 15) is 0 Å². The summed E-state index contributed by atoms with van der Waals surface area (Å²) in [6, 6.07) is 17.9. The monoisotopic (exact) mass is 271 g/mol. The smallest absolute Gasteiger partial charge is 0.119 e. The molecule has 0 saturated carbocycles. The van der Waals surface area contributed by atoms with E-state index in [1.807, 2.05) is 42.5 Å². The Morgan fingerprint density at radius 3 is 2.35 bits per heavy atom. The average molecular weight is 271 g/mol. The molecule has 3 heteroatoms. The lowest BCUT2D eigenvalue weighted by atomic mass is 10.0. The second-order valence-corrected chi connectivity index (χ2v) is 4.61. The molecule has 0 aliphatic heterocycles. The van der Waals surface area contributed by atoms with Crippen LogP contribution in [0.25, 0.3) is 0 Å². The summed E-state index contributed by atoms with van der Waals surface area (Å²) in [5.74, 6) is 0.858. The molecule has 0 bridgehead atoms. The molecule has 0 heterocycles. The van der Waals surface area contributed by atoms with E-state index >= 15 is 0 Å². The molecule has 3 nitrogen and oxygen atoms in total. The fourth-order valence-electron chi connectivity index (χ4n) is 2.10. The fraction of sp³-hybridized carbons (Fsp3) is 0.294. The Morgan fingerprint density at radius 1 is 0.950 bits per heavy atom. The van der Waals surface area contributed by atoms with Crippen LogP contribution in [0.1, 0.15) is 17.2 Å². The van der Waals surface area contributed by atoms with Crippen LogP contribution in [0.4, 0.5) is 0 Å². The van der Waals surface area contributed by atoms with Gasteiger partial charge in [0.1, 0.15) is 12.4 Å². The van der Waals surface area contributed by atoms with E-state index in [0.717, 1.165) is 11.3 Å². The van der Waals surface area contributed by atoms with Crippen LogP contribution in [0.15, 0.2) is 54.6 Å². The third-order valence-corrected chi connectivity index (χ3v) is 3.16. The molecule has 0 spiro atoms. The maximum Gasteiger partial charge on any atom is 0.119 e. The minimum atomic E-state index is -0.0735. The Morgan fingerprint density at radius 2 is 1.65 bits per heavy atom. The highest BCUT2D eigenvalue weighted by Crippen LogP contribution is 2.19. The van der Waals surface area contributed by atoms with E-state index in [4.69, 9.17) is 15.2 Å². The van der Waals surface area contributed by atoms with Gasteiger partial charge in [0, 0.05) is 6.54 Å². The van der Waals surface area contributed by atoms with Crippen molar-refractivity contribution < 1.29 is 9.47 Å². The SMILES string of the molecule is Cc1ccccc1C(CN)OCCOc1ccccc1. The van der Waals surface area contributed by atoms with Crippen LogP contribution in [-0.4, -0.2) is 19.8 Å². The second-order valence-electron chi connectivity index (χ2n) is 4.61. The lowest BCUT2D eigenvalue weighted by molar-refractivity contribution is 0.0377. The Labute approximate surface area is 120 Å². The van der Waals surface area contributed by atoms with Crippen molar-refractivity contribution in [2.24, 2.45) is 5.73 Å². The van der Waals surface area contributed by atoms with Gasteiger partial charge in [-0.15, -0.1) is 0 Å². The molecule has 1 atom stereocenters. The highest BCUT2D eigenvalue weighted by atomic mass is 16.5. The summed E-state index contributed by atoms with van der Waals surface area (Å²) in [4.78, 5) is 0. The predicted molar refractivity (Wildman–Crippen MR) is 80.9 cm³/mol. The lowest BCUT2D eigenvalue weighted by Crippen LogP contribution is -2.19. The molecule has 2 aromatic carbocycles. The van der Waals surface area contributed by atoms with Gasteiger partial charge in [-0.25, -0.2) is 0 Å². The summed E-state index contributed by atoms with van der Waals surface area (Å²) >= 11 is 0. The minimum absolute atomic E-state index is 0.0735. The lowest BCUT2D eigenvalue weighted by Gasteiger charge is -2.18. The average Bonchev–Trinajstić information content (AvgIpc) is 2.50. The molecular weight excluding hydrogens is 250 g/mol. The molecule has 106 valence electrons. The number of hydrogen-bond acceptors (Lipinski definition) is 3. The molecule has 0 aliphatic carbocycles. The largest absolute Gasteiger partial charge is 0.491 e. The number of ether oxygens (including phenoxy) is 2. The van der Waals surface area contributed by atoms with Gasteiger partial charge in [-0.2, -0.15) is 0 Å². The van der Waals surface area contributed by atoms with Crippen molar-refractivity contribution in [3.8, 4) is 5.75 Å². The van der Waals surface area contributed by atoms with Crippen molar-refractivity contribution in [1.29, 1.82) is 0 Å². The number of benzene rings is 2. The predicted octanol–water partition coefficient (Wildman–Crippen LogP) is 3.09. The first-order valence-corrected chi connectivity index (χ1v) is 6.86. The van der Waals surface area contributed by atoms with Gasteiger partial charge in [0.15, 0.2) is 0 Å². The number of hydrogen-bond donors (Lipinski definition) is 1. The Bertz CT molecular complexity index is 513. The zero-order valence-corrected chi connectivity index (χ0v) is 11.8. The van der Waals surface area contributed by atoms with Crippen molar-refractivity contribution in [2.75, 3.05) is 19.8 Å². The molecule has 0 aromatic heterocycles. The van der Waals surface area contributed by atoms with Gasteiger partial charge in [-0.3, -0.25) is 0 Å². The first kappa shape index (κ1) is 14.6. The summed E-state index contributed by atoms with van der Waals surface area (Å²) in [5.41, 5.74) is 8.15. The van der Waals surface area contributed by atoms with Gasteiger partial charge in [0.25, 0.3) is 0 Å². The van der Waals surface area contributed by atoms with Crippen LogP contribution in [0, 0.1) is 6.92 Å². The van der Waals surface area contributed by atoms with E-state index in [1.165, 1.54) is 5.56 Å². The van der Waals surface area contributed by atoms with E-state index in [-0.39, 0.29) is 6.10 Å². The van der Waals surface area contributed by atoms with Crippen molar-refractivity contribution in [3.05, 3.63) is 65.7 Å². The number of rotatable bonds is 7. The topological polar surface area (TPSA) is 44.5 Å². The van der Waals surface area contributed by atoms with Crippen molar-refractivity contribution in [3.63, 3.8) is 0 Å². The summed E-state index contributed by atoms with van der Waals surface area (Å²) in [6.07, 6.45) is -0.0735. The zero-order chi connectivity index (χ0) is 14.2. The molecule has 0 fully saturated rings. The maximum atomic E-state index is 5.83. The Hall–Kier alpha value is -1.84. The quantitative estimate of drug-likeness (QED) is 0.787. The summed E-state index contributed by atoms with van der Waals surface area (Å²) < 4.78 is 11.4. The van der Waals surface area contributed by atoms with Crippen LogP contribution < -0.4 is 10.5 Å². The Kier molecular flexibility index (Phi) is 5.59. The van der Waals surface area contributed by atoms with E-state index < -0.39 is 0 Å². The molecular formula is C17H21NO2. The van der Waals surface area contributed by atoms with Crippen LogP contribution in [0.3, 0.4) is 0 Å². The molecule has 2 aromatic rings. The number of aryl methyl sites for hydroxylation is 1. The van der Waals surface area contributed by atoms with Crippen LogP contribution in [-0.2, 0) is 4.74 Å². The number of para-hydroxylation sites is 1. The third-order valence-electron chi connectivity index (χ3n) is 3.16. The normalized spacial score (nSPS) is 12.1. The highest BCUT2D eigenvalue weighted by molar-refractivity contribution is 5.28. The van der Waals surface area contributed by atoms with Gasteiger partial charge >= 0.3 is 0 Å². The molecule has 2 rings (SSSR count). The Balaban J connectivity index is 1.81. The van der Waals surface area contributed by atoms with Gasteiger partial charge < -0.3 is 15.2 Å². The maximum absolute atomic E-state index is 5.83. The minimum Gasteiger partial charge on any atom is -0.491 e.